The first-order chi connectivity index (χ1) is 9.04. The van der Waals surface area contributed by atoms with Crippen LogP contribution in [0.25, 0.3) is 0 Å². The highest BCUT2D eigenvalue weighted by atomic mass is 16.5. The van der Waals surface area contributed by atoms with Crippen LogP contribution in [0.4, 0.5) is 0 Å². The molecule has 19 heavy (non-hydrogen) atoms. The second-order valence-electron chi connectivity index (χ2n) is 5.28. The van der Waals surface area contributed by atoms with Gasteiger partial charge >= 0.3 is 7.12 Å². The van der Waals surface area contributed by atoms with Crippen LogP contribution < -0.4 is 5.46 Å². The predicted octanol–water partition coefficient (Wildman–Crippen LogP) is 0.839. The molecular formula is C14H21BO4. The molecule has 104 valence electrons. The van der Waals surface area contributed by atoms with Crippen molar-refractivity contribution in [1.29, 1.82) is 0 Å². The van der Waals surface area contributed by atoms with Crippen molar-refractivity contribution in [2.24, 2.45) is 0 Å². The third kappa shape index (κ3) is 4.32. The minimum Gasteiger partial charge on any atom is -0.423 e. The molecule has 1 aromatic rings. The van der Waals surface area contributed by atoms with E-state index in [1.807, 2.05) is 12.1 Å². The lowest BCUT2D eigenvalue weighted by Crippen LogP contribution is -2.34. The van der Waals surface area contributed by atoms with Crippen LogP contribution >= 0.6 is 0 Å². The van der Waals surface area contributed by atoms with Gasteiger partial charge in [-0.3, -0.25) is 0 Å². The van der Waals surface area contributed by atoms with Crippen LogP contribution in [0.2, 0.25) is 0 Å². The molecule has 5 heteroatoms. The number of hydrogen-bond acceptors (Lipinski definition) is 4. The van der Waals surface area contributed by atoms with Gasteiger partial charge in [0.25, 0.3) is 0 Å². The van der Waals surface area contributed by atoms with E-state index in [-0.39, 0.29) is 18.3 Å². The Morgan fingerprint density at radius 3 is 2.58 bits per heavy atom. The molecule has 0 aliphatic carbocycles. The van der Waals surface area contributed by atoms with Gasteiger partial charge in [0.05, 0.1) is 24.9 Å². The van der Waals surface area contributed by atoms with E-state index in [1.165, 1.54) is 0 Å². The number of ether oxygens (including phenoxy) is 2. The van der Waals surface area contributed by atoms with Crippen LogP contribution in [0.15, 0.2) is 24.3 Å². The Hall–Kier alpha value is -0.875. The zero-order chi connectivity index (χ0) is 13.8. The Morgan fingerprint density at radius 2 is 1.95 bits per heavy atom. The highest BCUT2D eigenvalue weighted by Crippen LogP contribution is 2.22. The summed E-state index contributed by atoms with van der Waals surface area (Å²) in [5, 5.41) is 18.3. The summed E-state index contributed by atoms with van der Waals surface area (Å²) in [4.78, 5) is 0. The SMILES string of the molecule is CC1CC(OCc2cccc(B(O)O)c2)CC(C)O1. The fourth-order valence-corrected chi connectivity index (χ4v) is 2.54. The van der Waals surface area contributed by atoms with Crippen molar-refractivity contribution in [3.63, 3.8) is 0 Å². The molecule has 0 aromatic heterocycles. The van der Waals surface area contributed by atoms with Crippen molar-refractivity contribution in [1.82, 2.24) is 0 Å². The van der Waals surface area contributed by atoms with E-state index in [9.17, 15) is 0 Å². The lowest BCUT2D eigenvalue weighted by Gasteiger charge is -2.32. The largest absolute Gasteiger partial charge is 0.488 e. The smallest absolute Gasteiger partial charge is 0.423 e. The maximum Gasteiger partial charge on any atom is 0.488 e. The second kappa shape index (κ2) is 6.52. The summed E-state index contributed by atoms with van der Waals surface area (Å²) in [7, 11) is -1.43. The van der Waals surface area contributed by atoms with Gasteiger partial charge in [-0.2, -0.15) is 0 Å². The van der Waals surface area contributed by atoms with Gasteiger partial charge in [-0.25, -0.2) is 0 Å². The average molecular weight is 264 g/mol. The van der Waals surface area contributed by atoms with Crippen molar-refractivity contribution in [2.75, 3.05) is 0 Å². The Balaban J connectivity index is 1.89. The fraction of sp³-hybridized carbons (Fsp3) is 0.571. The predicted molar refractivity (Wildman–Crippen MR) is 74.1 cm³/mol. The molecule has 1 heterocycles. The fourth-order valence-electron chi connectivity index (χ4n) is 2.54. The number of hydrogen-bond donors (Lipinski definition) is 2. The molecule has 0 bridgehead atoms. The summed E-state index contributed by atoms with van der Waals surface area (Å²) in [6.45, 7) is 4.62. The summed E-state index contributed by atoms with van der Waals surface area (Å²) < 4.78 is 11.6. The first-order valence-corrected chi connectivity index (χ1v) is 6.76. The van der Waals surface area contributed by atoms with Crippen molar-refractivity contribution in [2.45, 2.75) is 51.6 Å². The van der Waals surface area contributed by atoms with Crippen LogP contribution in [0, 0.1) is 0 Å². The van der Waals surface area contributed by atoms with Gasteiger partial charge in [-0.15, -0.1) is 0 Å². The maximum atomic E-state index is 9.13. The van der Waals surface area contributed by atoms with Crippen LogP contribution in [0.5, 0.6) is 0 Å². The minimum absolute atomic E-state index is 0.210. The van der Waals surface area contributed by atoms with E-state index < -0.39 is 7.12 Å². The summed E-state index contributed by atoms with van der Waals surface area (Å²) in [5.41, 5.74) is 1.45. The molecule has 1 saturated heterocycles. The van der Waals surface area contributed by atoms with Gasteiger partial charge in [0.2, 0.25) is 0 Å². The van der Waals surface area contributed by atoms with E-state index >= 15 is 0 Å². The van der Waals surface area contributed by atoms with E-state index in [0.717, 1.165) is 18.4 Å². The van der Waals surface area contributed by atoms with E-state index in [4.69, 9.17) is 19.5 Å². The van der Waals surface area contributed by atoms with Gasteiger partial charge in [0.1, 0.15) is 0 Å². The van der Waals surface area contributed by atoms with E-state index in [0.29, 0.717) is 12.1 Å². The lowest BCUT2D eigenvalue weighted by atomic mass is 9.80. The van der Waals surface area contributed by atoms with Crippen molar-refractivity contribution < 1.29 is 19.5 Å². The average Bonchev–Trinajstić information content (AvgIpc) is 2.35. The lowest BCUT2D eigenvalue weighted by molar-refractivity contribution is -0.106. The summed E-state index contributed by atoms with van der Waals surface area (Å²) >= 11 is 0. The Bertz CT molecular complexity index is 400. The molecule has 2 rings (SSSR count). The maximum absolute atomic E-state index is 9.13. The topological polar surface area (TPSA) is 58.9 Å². The highest BCUT2D eigenvalue weighted by Gasteiger charge is 2.24. The zero-order valence-corrected chi connectivity index (χ0v) is 11.5. The van der Waals surface area contributed by atoms with E-state index in [2.05, 4.69) is 13.8 Å². The standard InChI is InChI=1S/C14H21BO4/c1-10-6-14(7-11(2)19-10)18-9-12-4-3-5-13(8-12)15(16)17/h3-5,8,10-11,14,16-17H,6-7,9H2,1-2H3. The van der Waals surface area contributed by atoms with Gasteiger partial charge in [0, 0.05) is 0 Å². The minimum atomic E-state index is -1.43. The van der Waals surface area contributed by atoms with Crippen molar-refractivity contribution >= 4 is 12.6 Å². The van der Waals surface area contributed by atoms with Crippen molar-refractivity contribution in [3.8, 4) is 0 Å². The second-order valence-corrected chi connectivity index (χ2v) is 5.28. The molecular weight excluding hydrogens is 243 g/mol. The Morgan fingerprint density at radius 1 is 1.26 bits per heavy atom. The summed E-state index contributed by atoms with van der Waals surface area (Å²) in [5.74, 6) is 0. The molecule has 0 radical (unpaired) electrons. The molecule has 2 atom stereocenters. The highest BCUT2D eigenvalue weighted by molar-refractivity contribution is 6.58. The zero-order valence-electron chi connectivity index (χ0n) is 11.5. The molecule has 0 saturated carbocycles. The molecule has 2 unspecified atom stereocenters. The quantitative estimate of drug-likeness (QED) is 0.791. The summed E-state index contributed by atoms with van der Waals surface area (Å²) in [6.07, 6.45) is 2.50. The van der Waals surface area contributed by atoms with E-state index in [1.54, 1.807) is 12.1 Å². The van der Waals surface area contributed by atoms with Crippen LogP contribution in [-0.4, -0.2) is 35.5 Å². The van der Waals surface area contributed by atoms with Crippen LogP contribution in [0.1, 0.15) is 32.3 Å². The van der Waals surface area contributed by atoms with Gasteiger partial charge in [-0.1, -0.05) is 24.3 Å². The van der Waals surface area contributed by atoms with Crippen LogP contribution in [-0.2, 0) is 16.1 Å². The normalized spacial score (nSPS) is 27.3. The molecule has 1 aliphatic rings. The van der Waals surface area contributed by atoms with Gasteiger partial charge < -0.3 is 19.5 Å². The molecule has 0 amide bonds. The van der Waals surface area contributed by atoms with Gasteiger partial charge in [-0.05, 0) is 37.7 Å². The van der Waals surface area contributed by atoms with Crippen LogP contribution in [0.3, 0.4) is 0 Å². The molecule has 4 nitrogen and oxygen atoms in total. The number of rotatable bonds is 4. The molecule has 2 N–H and O–H groups in total. The monoisotopic (exact) mass is 264 g/mol. The third-order valence-corrected chi connectivity index (χ3v) is 3.39. The molecule has 1 aliphatic heterocycles. The van der Waals surface area contributed by atoms with Crippen molar-refractivity contribution in [3.05, 3.63) is 29.8 Å². The Kier molecular flexibility index (Phi) is 4.99. The summed E-state index contributed by atoms with van der Waals surface area (Å²) in [6, 6.07) is 7.18. The first kappa shape index (κ1) is 14.5. The molecule has 1 aromatic carbocycles. The molecule has 1 fully saturated rings. The third-order valence-electron chi connectivity index (χ3n) is 3.39. The molecule has 0 spiro atoms. The number of benzene rings is 1. The Labute approximate surface area is 114 Å². The first-order valence-electron chi connectivity index (χ1n) is 6.76. The van der Waals surface area contributed by atoms with Gasteiger partial charge in [0.15, 0.2) is 0 Å².